The fourth-order valence-electron chi connectivity index (χ4n) is 0.879. The molecule has 0 radical (unpaired) electrons. The molecule has 70 valence electrons. The summed E-state index contributed by atoms with van der Waals surface area (Å²) in [5, 5.41) is 0. The van der Waals surface area contributed by atoms with Crippen molar-refractivity contribution in [2.75, 3.05) is 0 Å². The van der Waals surface area contributed by atoms with E-state index in [0.29, 0.717) is 0 Å². The maximum atomic E-state index is 11.2. The Labute approximate surface area is 78.1 Å². The summed E-state index contributed by atoms with van der Waals surface area (Å²) in [6.45, 7) is 3.76. The number of aryl methyl sites for hydroxylation is 1. The third-order valence-electron chi connectivity index (χ3n) is 1.71. The number of ketones is 1. The zero-order valence-electron chi connectivity index (χ0n) is 8.19. The number of carbonyl (C=O) groups excluding carboxylic acids is 1. The molecule has 0 N–H and O–H groups in total. The molecule has 0 aliphatic carbocycles. The molecule has 1 aromatic rings. The van der Waals surface area contributed by atoms with Crippen molar-refractivity contribution in [1.82, 2.24) is 9.55 Å². The molecule has 0 saturated heterocycles. The van der Waals surface area contributed by atoms with E-state index in [1.165, 1.54) is 0 Å². The molecule has 0 unspecified atom stereocenters. The molecule has 3 nitrogen and oxygen atoms in total. The van der Waals surface area contributed by atoms with Crippen LogP contribution in [0.5, 0.6) is 0 Å². The molecular weight excluding hydrogens is 164 g/mol. The van der Waals surface area contributed by atoms with E-state index in [9.17, 15) is 4.79 Å². The van der Waals surface area contributed by atoms with Crippen molar-refractivity contribution in [2.24, 2.45) is 13.0 Å². The van der Waals surface area contributed by atoms with Gasteiger partial charge in [0.05, 0.1) is 12.0 Å². The van der Waals surface area contributed by atoms with E-state index >= 15 is 0 Å². The third kappa shape index (κ3) is 2.86. The first-order valence-corrected chi connectivity index (χ1v) is 4.29. The molecule has 3 heteroatoms. The average molecular weight is 178 g/mol. The molecular formula is C10H14N2O. The molecule has 1 heterocycles. The van der Waals surface area contributed by atoms with Crippen molar-refractivity contribution in [2.45, 2.75) is 13.8 Å². The summed E-state index contributed by atoms with van der Waals surface area (Å²) in [6.07, 6.45) is 6.89. The van der Waals surface area contributed by atoms with Gasteiger partial charge >= 0.3 is 0 Å². The predicted molar refractivity (Wildman–Crippen MR) is 52.1 cm³/mol. The molecule has 13 heavy (non-hydrogen) atoms. The Bertz CT molecular complexity index is 323. The third-order valence-corrected chi connectivity index (χ3v) is 1.71. The van der Waals surface area contributed by atoms with E-state index in [1.807, 2.05) is 31.7 Å². The number of hydrogen-bond acceptors (Lipinski definition) is 2. The number of nitrogens with zero attached hydrogens (tertiary/aromatic N) is 2. The number of imidazole rings is 1. The first-order chi connectivity index (χ1) is 6.09. The Morgan fingerprint density at radius 1 is 1.62 bits per heavy atom. The first-order valence-electron chi connectivity index (χ1n) is 4.29. The van der Waals surface area contributed by atoms with Gasteiger partial charge in [0, 0.05) is 19.2 Å². The van der Waals surface area contributed by atoms with Crippen molar-refractivity contribution >= 4 is 11.9 Å². The Morgan fingerprint density at radius 2 is 2.31 bits per heavy atom. The smallest absolute Gasteiger partial charge is 0.158 e. The molecule has 1 aromatic heterocycles. The zero-order chi connectivity index (χ0) is 9.84. The molecule has 1 rings (SSSR count). The fourth-order valence-corrected chi connectivity index (χ4v) is 0.879. The molecule has 0 spiro atoms. The fraction of sp³-hybridized carbons (Fsp3) is 0.400. The van der Waals surface area contributed by atoms with Gasteiger partial charge in [-0.25, -0.2) is 4.98 Å². The van der Waals surface area contributed by atoms with E-state index in [0.717, 1.165) is 5.69 Å². The second-order valence-electron chi connectivity index (χ2n) is 3.35. The molecule has 0 bridgehead atoms. The van der Waals surface area contributed by atoms with Gasteiger partial charge in [0.25, 0.3) is 0 Å². The molecule has 0 fully saturated rings. The van der Waals surface area contributed by atoms with Gasteiger partial charge in [0.1, 0.15) is 0 Å². The van der Waals surface area contributed by atoms with Gasteiger partial charge < -0.3 is 4.57 Å². The second kappa shape index (κ2) is 4.03. The Hall–Kier alpha value is -1.38. The lowest BCUT2D eigenvalue weighted by Gasteiger charge is -1.94. The van der Waals surface area contributed by atoms with Crippen LogP contribution in [0.15, 0.2) is 18.6 Å². The molecule has 0 aromatic carbocycles. The lowest BCUT2D eigenvalue weighted by Crippen LogP contribution is -2.01. The van der Waals surface area contributed by atoms with Gasteiger partial charge in [0.2, 0.25) is 0 Å². The maximum Gasteiger partial charge on any atom is 0.158 e. The average Bonchev–Trinajstić information content (AvgIpc) is 2.47. The van der Waals surface area contributed by atoms with Gasteiger partial charge in [0.15, 0.2) is 5.78 Å². The summed E-state index contributed by atoms with van der Waals surface area (Å²) in [7, 11) is 1.90. The van der Waals surface area contributed by atoms with E-state index in [4.69, 9.17) is 0 Å². The van der Waals surface area contributed by atoms with Crippen LogP contribution in [0.25, 0.3) is 6.08 Å². The Morgan fingerprint density at radius 3 is 2.77 bits per heavy atom. The normalized spacial score (nSPS) is 11.4. The topological polar surface area (TPSA) is 34.9 Å². The van der Waals surface area contributed by atoms with Gasteiger partial charge in [-0.3, -0.25) is 4.79 Å². The van der Waals surface area contributed by atoms with Crippen LogP contribution in [0.3, 0.4) is 0 Å². The van der Waals surface area contributed by atoms with Gasteiger partial charge in [-0.05, 0) is 12.2 Å². The van der Waals surface area contributed by atoms with Crippen LogP contribution < -0.4 is 0 Å². The van der Waals surface area contributed by atoms with Crippen LogP contribution in [0.4, 0.5) is 0 Å². The van der Waals surface area contributed by atoms with Gasteiger partial charge in [-0.15, -0.1) is 0 Å². The highest BCUT2D eigenvalue weighted by Crippen LogP contribution is 2.00. The first kappa shape index (κ1) is 9.71. The van der Waals surface area contributed by atoms with Crippen molar-refractivity contribution < 1.29 is 4.79 Å². The van der Waals surface area contributed by atoms with Crippen LogP contribution in [0, 0.1) is 5.92 Å². The van der Waals surface area contributed by atoms with E-state index < -0.39 is 0 Å². The van der Waals surface area contributed by atoms with Crippen molar-refractivity contribution in [1.29, 1.82) is 0 Å². The summed E-state index contributed by atoms with van der Waals surface area (Å²) >= 11 is 0. The summed E-state index contributed by atoms with van der Waals surface area (Å²) in [4.78, 5) is 15.3. The minimum Gasteiger partial charge on any atom is -0.340 e. The largest absolute Gasteiger partial charge is 0.340 e. The van der Waals surface area contributed by atoms with Crippen LogP contribution in [0.2, 0.25) is 0 Å². The summed E-state index contributed by atoms with van der Waals surface area (Å²) in [6, 6.07) is 0. The van der Waals surface area contributed by atoms with Crippen LogP contribution in [-0.2, 0) is 11.8 Å². The van der Waals surface area contributed by atoms with Crippen LogP contribution >= 0.6 is 0 Å². The SMILES string of the molecule is CC(C)C(=O)/C=C/c1cn(C)cn1. The standard InChI is InChI=1S/C10H14N2O/c1-8(2)10(13)5-4-9-6-12(3)7-11-9/h4-8H,1-3H3/b5-4+. The van der Waals surface area contributed by atoms with Crippen molar-refractivity contribution in [3.05, 3.63) is 24.3 Å². The number of aromatic nitrogens is 2. The Balaban J connectivity index is 2.64. The zero-order valence-corrected chi connectivity index (χ0v) is 8.19. The number of rotatable bonds is 3. The lowest BCUT2D eigenvalue weighted by atomic mass is 10.1. The monoisotopic (exact) mass is 178 g/mol. The highest BCUT2D eigenvalue weighted by atomic mass is 16.1. The number of allylic oxidation sites excluding steroid dienone is 1. The summed E-state index contributed by atoms with van der Waals surface area (Å²) < 4.78 is 1.85. The lowest BCUT2D eigenvalue weighted by molar-refractivity contribution is -0.117. The van der Waals surface area contributed by atoms with E-state index in [2.05, 4.69) is 4.98 Å². The Kier molecular flexibility index (Phi) is 3.01. The van der Waals surface area contributed by atoms with E-state index in [1.54, 1.807) is 18.5 Å². The highest BCUT2D eigenvalue weighted by molar-refractivity contribution is 5.94. The molecule has 0 saturated carbocycles. The van der Waals surface area contributed by atoms with Gasteiger partial charge in [-0.1, -0.05) is 13.8 Å². The summed E-state index contributed by atoms with van der Waals surface area (Å²) in [5.41, 5.74) is 0.816. The predicted octanol–water partition coefficient (Wildman–Crippen LogP) is 1.66. The van der Waals surface area contributed by atoms with Gasteiger partial charge in [-0.2, -0.15) is 0 Å². The number of hydrogen-bond donors (Lipinski definition) is 0. The second-order valence-corrected chi connectivity index (χ2v) is 3.35. The minimum absolute atomic E-state index is 0.0555. The molecule has 0 aliphatic rings. The van der Waals surface area contributed by atoms with Crippen molar-refractivity contribution in [3.63, 3.8) is 0 Å². The van der Waals surface area contributed by atoms with E-state index in [-0.39, 0.29) is 11.7 Å². The minimum atomic E-state index is 0.0555. The highest BCUT2D eigenvalue weighted by Gasteiger charge is 2.01. The quantitative estimate of drug-likeness (QED) is 0.660. The molecule has 0 aliphatic heterocycles. The maximum absolute atomic E-state index is 11.2. The summed E-state index contributed by atoms with van der Waals surface area (Å²) in [5.74, 6) is 0.186. The van der Waals surface area contributed by atoms with Crippen LogP contribution in [0.1, 0.15) is 19.5 Å². The molecule has 0 amide bonds. The van der Waals surface area contributed by atoms with Crippen LogP contribution in [-0.4, -0.2) is 15.3 Å². The number of carbonyl (C=O) groups is 1. The van der Waals surface area contributed by atoms with Crippen molar-refractivity contribution in [3.8, 4) is 0 Å². The molecule has 0 atom stereocenters.